The van der Waals surface area contributed by atoms with Crippen LogP contribution in [-0.4, -0.2) is 45.8 Å². The van der Waals surface area contributed by atoms with E-state index in [1.54, 1.807) is 6.08 Å². The van der Waals surface area contributed by atoms with Crippen molar-refractivity contribution < 1.29 is 20.1 Å². The highest BCUT2D eigenvalue weighted by molar-refractivity contribution is 5.18. The fourth-order valence-electron chi connectivity index (χ4n) is 4.39. The van der Waals surface area contributed by atoms with E-state index in [1.165, 1.54) is 5.57 Å². The third-order valence-electron chi connectivity index (χ3n) is 6.86. The average molecular weight is 431 g/mol. The summed E-state index contributed by atoms with van der Waals surface area (Å²) >= 11 is 0. The molecular weight excluding hydrogens is 388 g/mol. The lowest BCUT2D eigenvalue weighted by Crippen LogP contribution is -2.42. The van der Waals surface area contributed by atoms with Crippen molar-refractivity contribution in [2.24, 2.45) is 5.92 Å². The second-order valence-electron chi connectivity index (χ2n) is 9.75. The van der Waals surface area contributed by atoms with Crippen LogP contribution in [-0.2, 0) is 11.2 Å². The van der Waals surface area contributed by atoms with Crippen molar-refractivity contribution in [2.75, 3.05) is 13.2 Å². The van der Waals surface area contributed by atoms with Gasteiger partial charge in [0, 0.05) is 6.42 Å². The van der Waals surface area contributed by atoms with Crippen molar-refractivity contribution in [2.45, 2.75) is 89.9 Å². The van der Waals surface area contributed by atoms with E-state index < -0.39 is 17.3 Å². The predicted octanol–water partition coefficient (Wildman–Crippen LogP) is 4.97. The van der Waals surface area contributed by atoms with Gasteiger partial charge in [0.05, 0.1) is 30.5 Å². The minimum atomic E-state index is -0.806. The van der Waals surface area contributed by atoms with Crippen LogP contribution in [0.2, 0.25) is 0 Å². The van der Waals surface area contributed by atoms with Crippen molar-refractivity contribution in [3.63, 3.8) is 0 Å². The Morgan fingerprint density at radius 2 is 2.00 bits per heavy atom. The molecule has 0 aliphatic carbocycles. The van der Waals surface area contributed by atoms with Gasteiger partial charge in [0.15, 0.2) is 0 Å². The van der Waals surface area contributed by atoms with Crippen molar-refractivity contribution in [3.05, 3.63) is 59.2 Å². The van der Waals surface area contributed by atoms with Gasteiger partial charge in [-0.25, -0.2) is 0 Å². The summed E-state index contributed by atoms with van der Waals surface area (Å²) in [4.78, 5) is 0. The summed E-state index contributed by atoms with van der Waals surface area (Å²) in [5, 5.41) is 31.5. The summed E-state index contributed by atoms with van der Waals surface area (Å²) in [5.74, 6) is 0.111. The maximum atomic E-state index is 11.6. The van der Waals surface area contributed by atoms with Crippen LogP contribution in [0.15, 0.2) is 53.6 Å². The second kappa shape index (κ2) is 12.0. The summed E-state index contributed by atoms with van der Waals surface area (Å²) < 4.78 is 6.11. The highest BCUT2D eigenvalue weighted by atomic mass is 16.5. The summed E-state index contributed by atoms with van der Waals surface area (Å²) in [7, 11) is 0. The van der Waals surface area contributed by atoms with E-state index >= 15 is 0 Å². The van der Waals surface area contributed by atoms with E-state index in [1.807, 2.05) is 25.1 Å². The van der Waals surface area contributed by atoms with Gasteiger partial charge in [-0.15, -0.1) is 0 Å². The Labute approximate surface area is 188 Å². The average Bonchev–Trinajstić information content (AvgIpc) is 2.87. The maximum Gasteiger partial charge on any atom is 0.0916 e. The third-order valence-corrected chi connectivity index (χ3v) is 6.86. The fraction of sp³-hybridized carbons (Fsp3) is 0.630. The standard InChI is InChI=1S/C27H42O4/c1-21(2)14-17-27(30,19-23-10-6-5-7-11-23)22(3)9-8-16-26(4)25(29)13-12-24(15-18-28)20-31-26/h5-7,10-11,14-15,22,25,28-30H,8-9,12-13,16-20H2,1-4H3/b24-15+/t22?,25-,26+,27?/m1/s1. The molecule has 0 spiro atoms. The first-order valence-corrected chi connectivity index (χ1v) is 11.7. The van der Waals surface area contributed by atoms with Crippen LogP contribution in [0.25, 0.3) is 0 Å². The van der Waals surface area contributed by atoms with E-state index in [2.05, 4.69) is 39.0 Å². The molecule has 0 aromatic heterocycles. The van der Waals surface area contributed by atoms with Crippen molar-refractivity contribution in [1.29, 1.82) is 0 Å². The molecule has 4 heteroatoms. The zero-order valence-corrected chi connectivity index (χ0v) is 19.8. The molecular formula is C27H42O4. The zero-order valence-electron chi connectivity index (χ0n) is 19.8. The molecule has 3 N–H and O–H groups in total. The topological polar surface area (TPSA) is 69.9 Å². The number of rotatable bonds is 10. The molecule has 174 valence electrons. The van der Waals surface area contributed by atoms with Crippen LogP contribution in [0.5, 0.6) is 0 Å². The first-order valence-electron chi connectivity index (χ1n) is 11.7. The third kappa shape index (κ3) is 7.87. The van der Waals surface area contributed by atoms with E-state index in [0.717, 1.165) is 36.8 Å². The number of allylic oxidation sites excluding steroid dienone is 1. The van der Waals surface area contributed by atoms with Gasteiger partial charge in [-0.1, -0.05) is 61.4 Å². The van der Waals surface area contributed by atoms with Gasteiger partial charge in [-0.2, -0.15) is 0 Å². The van der Waals surface area contributed by atoms with Gasteiger partial charge >= 0.3 is 0 Å². The minimum absolute atomic E-state index is 0.00863. The van der Waals surface area contributed by atoms with Crippen LogP contribution in [0, 0.1) is 5.92 Å². The molecule has 4 nitrogen and oxygen atoms in total. The lowest BCUT2D eigenvalue weighted by atomic mass is 9.77. The van der Waals surface area contributed by atoms with Crippen LogP contribution >= 0.6 is 0 Å². The Kier molecular flexibility index (Phi) is 9.95. The van der Waals surface area contributed by atoms with Crippen LogP contribution in [0.1, 0.15) is 71.8 Å². The quantitative estimate of drug-likeness (QED) is 0.458. The van der Waals surface area contributed by atoms with E-state index in [9.17, 15) is 10.2 Å². The normalized spacial score (nSPS) is 26.2. The highest BCUT2D eigenvalue weighted by Gasteiger charge is 2.37. The molecule has 1 aromatic carbocycles. The molecule has 0 radical (unpaired) electrons. The van der Waals surface area contributed by atoms with Gasteiger partial charge < -0.3 is 20.1 Å². The van der Waals surface area contributed by atoms with Gasteiger partial charge in [-0.05, 0) is 69.9 Å². The van der Waals surface area contributed by atoms with Gasteiger partial charge in [0.1, 0.15) is 0 Å². The predicted molar refractivity (Wildman–Crippen MR) is 127 cm³/mol. The molecule has 0 amide bonds. The fourth-order valence-corrected chi connectivity index (χ4v) is 4.39. The number of hydrogen-bond donors (Lipinski definition) is 3. The second-order valence-corrected chi connectivity index (χ2v) is 9.75. The zero-order chi connectivity index (χ0) is 22.9. The summed E-state index contributed by atoms with van der Waals surface area (Å²) in [5.41, 5.74) is 2.02. The largest absolute Gasteiger partial charge is 0.392 e. The molecule has 1 aliphatic rings. The Bertz CT molecular complexity index is 722. The van der Waals surface area contributed by atoms with Crippen LogP contribution in [0.3, 0.4) is 0 Å². The van der Waals surface area contributed by atoms with Crippen LogP contribution < -0.4 is 0 Å². The van der Waals surface area contributed by atoms with Crippen molar-refractivity contribution >= 4 is 0 Å². The lowest BCUT2D eigenvalue weighted by molar-refractivity contribution is -0.106. The Morgan fingerprint density at radius 1 is 1.29 bits per heavy atom. The van der Waals surface area contributed by atoms with Crippen LogP contribution in [0.4, 0.5) is 0 Å². The summed E-state index contributed by atoms with van der Waals surface area (Å²) in [6.07, 6.45) is 8.55. The molecule has 31 heavy (non-hydrogen) atoms. The Hall–Kier alpha value is -1.46. The monoisotopic (exact) mass is 430 g/mol. The highest BCUT2D eigenvalue weighted by Crippen LogP contribution is 2.35. The number of aliphatic hydroxyl groups excluding tert-OH is 2. The maximum absolute atomic E-state index is 11.6. The SMILES string of the molecule is CC(C)=CCC(O)(Cc1ccccc1)C(C)CCC[C@]1(C)OC/C(=C/CO)CC[C@H]1O. The number of ether oxygens (including phenoxy) is 1. The molecule has 1 saturated heterocycles. The molecule has 2 unspecified atom stereocenters. The molecule has 1 aliphatic heterocycles. The Morgan fingerprint density at radius 3 is 2.65 bits per heavy atom. The number of benzene rings is 1. The van der Waals surface area contributed by atoms with E-state index in [4.69, 9.17) is 9.84 Å². The first-order chi connectivity index (χ1) is 14.7. The molecule has 1 heterocycles. The molecule has 0 saturated carbocycles. The Balaban J connectivity index is 2.01. The summed E-state index contributed by atoms with van der Waals surface area (Å²) in [6.45, 7) is 8.73. The molecule has 2 rings (SSSR count). The van der Waals surface area contributed by atoms with E-state index in [0.29, 0.717) is 25.9 Å². The first kappa shape index (κ1) is 25.8. The number of aliphatic hydroxyl groups is 3. The van der Waals surface area contributed by atoms with Gasteiger partial charge in [-0.3, -0.25) is 0 Å². The molecule has 4 atom stereocenters. The van der Waals surface area contributed by atoms with E-state index in [-0.39, 0.29) is 12.5 Å². The smallest absolute Gasteiger partial charge is 0.0916 e. The summed E-state index contributed by atoms with van der Waals surface area (Å²) in [6, 6.07) is 10.2. The van der Waals surface area contributed by atoms with Crippen molar-refractivity contribution in [1.82, 2.24) is 0 Å². The molecule has 1 fully saturated rings. The van der Waals surface area contributed by atoms with Crippen molar-refractivity contribution in [3.8, 4) is 0 Å². The number of hydrogen-bond acceptors (Lipinski definition) is 4. The molecule has 0 bridgehead atoms. The lowest BCUT2D eigenvalue weighted by Gasteiger charge is -2.36. The molecule has 1 aromatic rings. The minimum Gasteiger partial charge on any atom is -0.392 e. The van der Waals surface area contributed by atoms with Gasteiger partial charge in [0.2, 0.25) is 0 Å². The van der Waals surface area contributed by atoms with Gasteiger partial charge in [0.25, 0.3) is 0 Å².